The fraction of sp³-hybridized carbons (Fsp3) is 0.700. The minimum Gasteiger partial charge on any atom is -0.387 e. The molecule has 0 aliphatic carbocycles. The zero-order valence-corrected chi connectivity index (χ0v) is 18.2. The summed E-state index contributed by atoms with van der Waals surface area (Å²) in [5.41, 5.74) is -5.11. The van der Waals surface area contributed by atoms with Crippen molar-refractivity contribution in [1.82, 2.24) is 14.8 Å². The van der Waals surface area contributed by atoms with Gasteiger partial charge in [-0.2, -0.15) is 18.4 Å². The van der Waals surface area contributed by atoms with Gasteiger partial charge in [-0.15, -0.1) is 0 Å². The Labute approximate surface area is 175 Å². The van der Waals surface area contributed by atoms with Crippen molar-refractivity contribution >= 4 is 23.5 Å². The lowest BCUT2D eigenvalue weighted by molar-refractivity contribution is -0.127. The van der Waals surface area contributed by atoms with Crippen molar-refractivity contribution in [3.05, 3.63) is 27.0 Å². The molecule has 0 bridgehead atoms. The molecule has 18 nitrogen and oxygen atoms in total. The Morgan fingerprint density at radius 3 is 2.34 bits per heavy atom. The van der Waals surface area contributed by atoms with Crippen LogP contribution >= 0.6 is 23.5 Å². The summed E-state index contributed by atoms with van der Waals surface area (Å²) in [4.78, 5) is 60.5. The number of aliphatic hydroxyl groups is 2. The summed E-state index contributed by atoms with van der Waals surface area (Å²) in [5.74, 6) is 0. The number of alkyl halides is 1. The van der Waals surface area contributed by atoms with E-state index in [0.717, 1.165) is 6.92 Å². The SMILES string of the molecule is C[C@H](OP(=O)(O)OP(=O)(O)OP(=O)(O)O)[C@H]1O[C@@H](n2ncc(=O)[nH]c2=O)C(O)(CF)[C@H]1O. The maximum absolute atomic E-state index is 13.6. The summed E-state index contributed by atoms with van der Waals surface area (Å²) in [6.45, 7) is -0.860. The minimum absolute atomic E-state index is 0.266. The molecule has 1 saturated heterocycles. The highest BCUT2D eigenvalue weighted by Crippen LogP contribution is 2.66. The summed E-state index contributed by atoms with van der Waals surface area (Å²) < 4.78 is 64.5. The summed E-state index contributed by atoms with van der Waals surface area (Å²) in [7, 11) is -17.2. The number of aromatic nitrogens is 3. The van der Waals surface area contributed by atoms with Gasteiger partial charge in [0.25, 0.3) is 5.56 Å². The molecule has 32 heavy (non-hydrogen) atoms. The van der Waals surface area contributed by atoms with Crippen molar-refractivity contribution in [1.29, 1.82) is 0 Å². The van der Waals surface area contributed by atoms with Crippen LogP contribution in [0.3, 0.4) is 0 Å². The molecule has 0 aromatic carbocycles. The van der Waals surface area contributed by atoms with Gasteiger partial charge in [-0.05, 0) is 6.92 Å². The zero-order chi connectivity index (χ0) is 24.7. The fourth-order valence-electron chi connectivity index (χ4n) is 2.65. The van der Waals surface area contributed by atoms with Gasteiger partial charge in [0, 0.05) is 0 Å². The second-order valence-electron chi connectivity index (χ2n) is 6.31. The van der Waals surface area contributed by atoms with Crippen molar-refractivity contribution in [3.8, 4) is 0 Å². The van der Waals surface area contributed by atoms with Gasteiger partial charge in [0.1, 0.15) is 25.1 Å². The van der Waals surface area contributed by atoms with Crippen LogP contribution in [0.15, 0.2) is 15.8 Å². The maximum atomic E-state index is 13.6. The van der Waals surface area contributed by atoms with Gasteiger partial charge in [-0.3, -0.25) is 14.3 Å². The highest BCUT2D eigenvalue weighted by Gasteiger charge is 2.59. The second-order valence-corrected chi connectivity index (χ2v) is 10.7. The summed E-state index contributed by atoms with van der Waals surface area (Å²) in [6, 6.07) is 0. The van der Waals surface area contributed by atoms with Crippen LogP contribution in [0, 0.1) is 0 Å². The van der Waals surface area contributed by atoms with E-state index in [-0.39, 0.29) is 4.68 Å². The number of ether oxygens (including phenoxy) is 1. The predicted octanol–water partition coefficient (Wildman–Crippen LogP) is -2.38. The average molecular weight is 531 g/mol. The Morgan fingerprint density at radius 2 is 1.84 bits per heavy atom. The number of nitrogens with one attached hydrogen (secondary N) is 1. The van der Waals surface area contributed by atoms with Gasteiger partial charge in [-0.1, -0.05) is 0 Å². The van der Waals surface area contributed by atoms with Crippen LogP contribution in [0.4, 0.5) is 4.39 Å². The standard InChI is InChI=1S/C10H17FN3O15P3/c1-4(27-31(22,23)29-32(24,25)28-30(19,20)21)6-7(16)10(18,3-11)8(26-6)14-9(17)13-5(15)2-12-14/h2,4,6-8,16,18H,3H2,1H3,(H,22,23)(H,24,25)(H,13,15,17)(H2,19,20,21)/t4-,6+,7-,8+,10?/m0/s1. The molecule has 7 atom stereocenters. The third-order valence-electron chi connectivity index (χ3n) is 3.89. The molecule has 0 radical (unpaired) electrons. The second kappa shape index (κ2) is 9.23. The summed E-state index contributed by atoms with van der Waals surface area (Å²) in [6.07, 6.45) is -7.55. The molecule has 0 saturated carbocycles. The van der Waals surface area contributed by atoms with Gasteiger partial charge in [0.2, 0.25) is 0 Å². The Balaban J connectivity index is 2.26. The Hall–Kier alpha value is -1.17. The summed E-state index contributed by atoms with van der Waals surface area (Å²) in [5, 5.41) is 24.1. The number of H-pyrrole nitrogens is 1. The molecule has 7 N–H and O–H groups in total. The van der Waals surface area contributed by atoms with Gasteiger partial charge in [-0.25, -0.2) is 22.9 Å². The number of halogens is 1. The quantitative estimate of drug-likeness (QED) is 0.164. The van der Waals surface area contributed by atoms with E-state index in [1.807, 2.05) is 0 Å². The summed E-state index contributed by atoms with van der Waals surface area (Å²) >= 11 is 0. The van der Waals surface area contributed by atoms with Crippen LogP contribution in [0.25, 0.3) is 0 Å². The average Bonchev–Trinajstić information content (AvgIpc) is 2.84. The van der Waals surface area contributed by atoms with E-state index in [0.29, 0.717) is 6.20 Å². The van der Waals surface area contributed by atoms with Crippen LogP contribution < -0.4 is 11.2 Å². The molecular weight excluding hydrogens is 514 g/mol. The molecule has 22 heteroatoms. The highest BCUT2D eigenvalue weighted by molar-refractivity contribution is 7.66. The van der Waals surface area contributed by atoms with Crippen LogP contribution in [0.2, 0.25) is 0 Å². The molecule has 1 fully saturated rings. The first-order valence-corrected chi connectivity index (χ1v) is 12.5. The van der Waals surface area contributed by atoms with Crippen molar-refractivity contribution < 1.29 is 65.8 Å². The zero-order valence-electron chi connectivity index (χ0n) is 15.6. The number of phosphoric acid groups is 3. The van der Waals surface area contributed by atoms with E-state index in [1.54, 1.807) is 4.98 Å². The Kier molecular flexibility index (Phi) is 7.81. The highest BCUT2D eigenvalue weighted by atomic mass is 31.3. The van der Waals surface area contributed by atoms with E-state index in [9.17, 15) is 42.8 Å². The topological polar surface area (TPSA) is 277 Å². The van der Waals surface area contributed by atoms with Gasteiger partial charge in [0.15, 0.2) is 11.8 Å². The van der Waals surface area contributed by atoms with Crippen molar-refractivity contribution in [2.75, 3.05) is 6.67 Å². The van der Waals surface area contributed by atoms with E-state index in [2.05, 4.69) is 18.2 Å². The molecular formula is C10H17FN3O15P3. The molecule has 184 valence electrons. The Morgan fingerprint density at radius 1 is 1.25 bits per heavy atom. The molecule has 3 unspecified atom stereocenters. The first kappa shape index (κ1) is 27.1. The van der Waals surface area contributed by atoms with Crippen LogP contribution in [0.1, 0.15) is 13.2 Å². The van der Waals surface area contributed by atoms with Crippen LogP contribution in [0.5, 0.6) is 0 Å². The van der Waals surface area contributed by atoms with Gasteiger partial charge < -0.3 is 34.5 Å². The number of hydrogen-bond acceptors (Lipinski definition) is 12. The third kappa shape index (κ3) is 6.24. The molecule has 2 heterocycles. The predicted molar refractivity (Wildman–Crippen MR) is 94.4 cm³/mol. The molecule has 0 amide bonds. The Bertz CT molecular complexity index is 1100. The number of nitrogens with zero attached hydrogens (tertiary/aromatic N) is 2. The third-order valence-corrected chi connectivity index (χ3v) is 7.82. The largest absolute Gasteiger partial charge is 0.490 e. The first-order valence-electron chi connectivity index (χ1n) is 8.03. The first-order chi connectivity index (χ1) is 14.4. The van der Waals surface area contributed by atoms with E-state index < -0.39 is 71.5 Å². The monoisotopic (exact) mass is 531 g/mol. The van der Waals surface area contributed by atoms with Gasteiger partial charge in [0.05, 0.1) is 6.10 Å². The molecule has 2 rings (SSSR count). The number of phosphoric ester groups is 1. The minimum atomic E-state index is -5.84. The molecule has 0 spiro atoms. The molecule has 1 aliphatic rings. The lowest BCUT2D eigenvalue weighted by Crippen LogP contribution is -2.52. The molecule has 1 aliphatic heterocycles. The lowest BCUT2D eigenvalue weighted by Gasteiger charge is -2.28. The number of hydrogen-bond donors (Lipinski definition) is 7. The lowest BCUT2D eigenvalue weighted by atomic mass is 9.94. The van der Waals surface area contributed by atoms with E-state index in [1.165, 1.54) is 0 Å². The van der Waals surface area contributed by atoms with E-state index >= 15 is 0 Å². The number of aromatic amines is 1. The van der Waals surface area contributed by atoms with Gasteiger partial charge >= 0.3 is 29.2 Å². The van der Waals surface area contributed by atoms with Crippen LogP contribution in [-0.2, 0) is 31.6 Å². The van der Waals surface area contributed by atoms with Crippen molar-refractivity contribution in [2.45, 2.75) is 37.1 Å². The smallest absolute Gasteiger partial charge is 0.387 e. The van der Waals surface area contributed by atoms with Crippen LogP contribution in [-0.4, -0.2) is 75.1 Å². The normalized spacial score (nSPS) is 31.1. The fourth-order valence-corrected chi connectivity index (χ4v) is 5.85. The van der Waals surface area contributed by atoms with E-state index in [4.69, 9.17) is 19.4 Å². The number of aliphatic hydroxyl groups excluding tert-OH is 1. The van der Waals surface area contributed by atoms with Crippen molar-refractivity contribution in [3.63, 3.8) is 0 Å². The maximum Gasteiger partial charge on any atom is 0.490 e. The van der Waals surface area contributed by atoms with Crippen molar-refractivity contribution in [2.24, 2.45) is 0 Å². The molecule has 1 aromatic heterocycles. The molecule has 1 aromatic rings. The number of rotatable bonds is 9.